The molecule has 10 heteroatoms. The first kappa shape index (κ1) is 19.0. The van der Waals surface area contributed by atoms with E-state index < -0.39 is 10.3 Å². The topological polar surface area (TPSA) is 110 Å². The Balaban J connectivity index is 1.56. The molecule has 1 amide bonds. The molecule has 9 nitrogen and oxygen atoms in total. The first-order valence-corrected chi connectivity index (χ1v) is 9.52. The molecule has 0 unspecified atom stereocenters. The molecule has 3 rings (SSSR count). The molecule has 2 aromatic rings. The van der Waals surface area contributed by atoms with Gasteiger partial charge in [-0.05, 0) is 42.0 Å². The second-order valence-electron chi connectivity index (χ2n) is 5.56. The molecule has 0 radical (unpaired) electrons. The molecule has 0 aliphatic carbocycles. The molecular formula is C17H18N4O5S. The molecule has 0 spiro atoms. The van der Waals surface area contributed by atoms with Crippen molar-refractivity contribution in [3.8, 4) is 5.75 Å². The molecule has 0 atom stereocenters. The zero-order valence-corrected chi connectivity index (χ0v) is 15.1. The van der Waals surface area contributed by atoms with Gasteiger partial charge in [-0.3, -0.25) is 9.78 Å². The van der Waals surface area contributed by atoms with Crippen LogP contribution in [0.15, 0.2) is 53.9 Å². The Morgan fingerprint density at radius 1 is 1.15 bits per heavy atom. The largest absolute Gasteiger partial charge is 0.385 e. The first-order valence-electron chi connectivity index (χ1n) is 8.15. The molecule has 1 fully saturated rings. The summed E-state index contributed by atoms with van der Waals surface area (Å²) in [6.45, 7) is 1.24. The zero-order chi connectivity index (χ0) is 19.1. The molecule has 1 saturated heterocycles. The third kappa shape index (κ3) is 5.33. The maximum atomic E-state index is 12.2. The molecule has 1 aliphatic heterocycles. The standard InChI is InChI=1S/C17H18N4O5S/c22-17(15-5-7-18-8-6-15)20-19-13-14-1-3-16(4-2-14)26-27(23,24)21-9-11-25-12-10-21/h1-8,13H,9-12H2,(H,20,22)/b19-13+. The van der Waals surface area contributed by atoms with Gasteiger partial charge >= 0.3 is 10.3 Å². The van der Waals surface area contributed by atoms with E-state index in [2.05, 4.69) is 15.5 Å². The van der Waals surface area contributed by atoms with Crippen molar-refractivity contribution in [1.29, 1.82) is 0 Å². The van der Waals surface area contributed by atoms with Crippen LogP contribution >= 0.6 is 0 Å². The number of nitrogens with zero attached hydrogens (tertiary/aromatic N) is 3. The van der Waals surface area contributed by atoms with Gasteiger partial charge in [0.15, 0.2) is 0 Å². The van der Waals surface area contributed by atoms with Crippen molar-refractivity contribution in [2.75, 3.05) is 26.3 Å². The van der Waals surface area contributed by atoms with E-state index in [1.807, 2.05) is 0 Å². The van der Waals surface area contributed by atoms with Crippen LogP contribution in [-0.2, 0) is 15.0 Å². The minimum atomic E-state index is -3.85. The lowest BCUT2D eigenvalue weighted by Gasteiger charge is -2.25. The van der Waals surface area contributed by atoms with E-state index in [-0.39, 0.29) is 24.7 Å². The number of pyridine rings is 1. The Morgan fingerprint density at radius 3 is 2.48 bits per heavy atom. The smallest absolute Gasteiger partial charge is 0.379 e. The van der Waals surface area contributed by atoms with E-state index in [0.717, 1.165) is 0 Å². The number of hydrogen-bond acceptors (Lipinski definition) is 7. The summed E-state index contributed by atoms with van der Waals surface area (Å²) in [6, 6.07) is 9.45. The summed E-state index contributed by atoms with van der Waals surface area (Å²) < 4.78 is 35.9. The van der Waals surface area contributed by atoms with Crippen LogP contribution in [-0.4, -0.2) is 56.1 Å². The highest BCUT2D eigenvalue weighted by atomic mass is 32.2. The van der Waals surface area contributed by atoms with Gasteiger partial charge in [0.05, 0.1) is 19.4 Å². The summed E-state index contributed by atoms with van der Waals surface area (Å²) in [5.74, 6) is -0.162. The molecule has 1 aromatic carbocycles. The normalized spacial score (nSPS) is 15.6. The highest BCUT2D eigenvalue weighted by molar-refractivity contribution is 7.84. The maximum Gasteiger partial charge on any atom is 0.385 e. The number of morpholine rings is 1. The van der Waals surface area contributed by atoms with Crippen LogP contribution in [0.1, 0.15) is 15.9 Å². The minimum absolute atomic E-state index is 0.194. The summed E-state index contributed by atoms with van der Waals surface area (Å²) in [5, 5.41) is 3.87. The molecule has 1 aromatic heterocycles. The average molecular weight is 390 g/mol. The van der Waals surface area contributed by atoms with Crippen LogP contribution in [0.25, 0.3) is 0 Å². The highest BCUT2D eigenvalue weighted by Gasteiger charge is 2.26. The molecule has 1 N–H and O–H groups in total. The number of benzene rings is 1. The van der Waals surface area contributed by atoms with Crippen LogP contribution in [0, 0.1) is 0 Å². The summed E-state index contributed by atoms with van der Waals surface area (Å²) in [5.41, 5.74) is 3.51. The maximum absolute atomic E-state index is 12.2. The fourth-order valence-corrected chi connectivity index (χ4v) is 3.34. The van der Waals surface area contributed by atoms with Gasteiger partial charge in [0.25, 0.3) is 5.91 Å². The van der Waals surface area contributed by atoms with Crippen molar-refractivity contribution in [2.45, 2.75) is 0 Å². The summed E-state index contributed by atoms with van der Waals surface area (Å²) >= 11 is 0. The van der Waals surface area contributed by atoms with Gasteiger partial charge in [0.1, 0.15) is 5.75 Å². The van der Waals surface area contributed by atoms with Crippen molar-refractivity contribution in [3.63, 3.8) is 0 Å². The number of ether oxygens (including phenoxy) is 1. The fourth-order valence-electron chi connectivity index (χ4n) is 2.29. The number of carbonyl (C=O) groups is 1. The summed E-state index contributed by atoms with van der Waals surface area (Å²) in [4.78, 5) is 15.7. The fraction of sp³-hybridized carbons (Fsp3) is 0.235. The third-order valence-electron chi connectivity index (χ3n) is 3.69. The van der Waals surface area contributed by atoms with Crippen molar-refractivity contribution in [1.82, 2.24) is 14.7 Å². The summed E-state index contributed by atoms with van der Waals surface area (Å²) in [6.07, 6.45) is 4.48. The quantitative estimate of drug-likeness (QED) is 0.577. The average Bonchev–Trinajstić information content (AvgIpc) is 2.70. The predicted molar refractivity (Wildman–Crippen MR) is 97.7 cm³/mol. The van der Waals surface area contributed by atoms with Crippen LogP contribution in [0.4, 0.5) is 0 Å². The monoisotopic (exact) mass is 390 g/mol. The van der Waals surface area contributed by atoms with Crippen LogP contribution in [0.5, 0.6) is 5.75 Å². The number of hydrazone groups is 1. The molecular weight excluding hydrogens is 372 g/mol. The van der Waals surface area contributed by atoms with E-state index >= 15 is 0 Å². The van der Waals surface area contributed by atoms with Crippen molar-refractivity contribution < 1.29 is 22.1 Å². The van der Waals surface area contributed by atoms with Gasteiger partial charge < -0.3 is 8.92 Å². The molecule has 1 aliphatic rings. The van der Waals surface area contributed by atoms with Gasteiger partial charge in [0, 0.05) is 31.0 Å². The molecule has 142 valence electrons. The molecule has 0 bridgehead atoms. The molecule has 2 heterocycles. The Morgan fingerprint density at radius 2 is 1.81 bits per heavy atom. The number of rotatable bonds is 6. The number of amides is 1. The number of nitrogens with one attached hydrogen (secondary N) is 1. The third-order valence-corrected chi connectivity index (χ3v) is 5.09. The van der Waals surface area contributed by atoms with Gasteiger partial charge in [0.2, 0.25) is 0 Å². The van der Waals surface area contributed by atoms with Crippen molar-refractivity contribution in [3.05, 3.63) is 59.9 Å². The van der Waals surface area contributed by atoms with Crippen molar-refractivity contribution in [2.24, 2.45) is 5.10 Å². The van der Waals surface area contributed by atoms with E-state index in [4.69, 9.17) is 8.92 Å². The number of carbonyl (C=O) groups excluding carboxylic acids is 1. The Kier molecular flexibility index (Phi) is 6.12. The van der Waals surface area contributed by atoms with Crippen LogP contribution < -0.4 is 9.61 Å². The Hall–Kier alpha value is -2.82. The number of hydrogen-bond donors (Lipinski definition) is 1. The van der Waals surface area contributed by atoms with Gasteiger partial charge in [-0.2, -0.15) is 17.8 Å². The first-order chi connectivity index (χ1) is 13.0. The van der Waals surface area contributed by atoms with Crippen LogP contribution in [0.2, 0.25) is 0 Å². The van der Waals surface area contributed by atoms with Gasteiger partial charge in [-0.15, -0.1) is 0 Å². The lowest BCUT2D eigenvalue weighted by molar-refractivity contribution is 0.0698. The van der Waals surface area contributed by atoms with Crippen molar-refractivity contribution >= 4 is 22.4 Å². The van der Waals surface area contributed by atoms with E-state index in [9.17, 15) is 13.2 Å². The van der Waals surface area contributed by atoms with Gasteiger partial charge in [-0.25, -0.2) is 5.43 Å². The predicted octanol–water partition coefficient (Wildman–Crippen LogP) is 0.801. The lowest BCUT2D eigenvalue weighted by Crippen LogP contribution is -2.42. The zero-order valence-electron chi connectivity index (χ0n) is 14.3. The van der Waals surface area contributed by atoms with E-state index in [0.29, 0.717) is 24.3 Å². The second-order valence-corrected chi connectivity index (χ2v) is 7.10. The number of aromatic nitrogens is 1. The molecule has 27 heavy (non-hydrogen) atoms. The van der Waals surface area contributed by atoms with E-state index in [1.165, 1.54) is 35.0 Å². The Labute approximate surface area is 156 Å². The van der Waals surface area contributed by atoms with E-state index in [1.54, 1.807) is 24.3 Å². The lowest BCUT2D eigenvalue weighted by atomic mass is 10.2. The SMILES string of the molecule is O=C(N/N=C/c1ccc(OS(=O)(=O)N2CCOCC2)cc1)c1ccncc1. The Bertz CT molecular complexity index is 895. The molecule has 0 saturated carbocycles. The second kappa shape index (κ2) is 8.71. The van der Waals surface area contributed by atoms with Crippen LogP contribution in [0.3, 0.4) is 0 Å². The summed E-state index contributed by atoms with van der Waals surface area (Å²) in [7, 11) is -3.85. The van der Waals surface area contributed by atoms with Gasteiger partial charge in [-0.1, -0.05) is 0 Å². The highest BCUT2D eigenvalue weighted by Crippen LogP contribution is 2.16. The minimum Gasteiger partial charge on any atom is -0.379 e.